The lowest BCUT2D eigenvalue weighted by atomic mass is 9.77. The van der Waals surface area contributed by atoms with Gasteiger partial charge in [-0.05, 0) is 32.7 Å². The van der Waals surface area contributed by atoms with E-state index in [9.17, 15) is 18.3 Å². The Labute approximate surface area is 121 Å². The van der Waals surface area contributed by atoms with E-state index in [0.29, 0.717) is 12.8 Å². The van der Waals surface area contributed by atoms with Gasteiger partial charge in [-0.1, -0.05) is 19.3 Å². The molecular formula is C14H25NO4S. The van der Waals surface area contributed by atoms with Crippen molar-refractivity contribution in [2.75, 3.05) is 18.6 Å². The summed E-state index contributed by atoms with van der Waals surface area (Å²) in [5, 5.41) is 9.24. The maximum Gasteiger partial charge on any atom is 0.305 e. The minimum absolute atomic E-state index is 0.173. The van der Waals surface area contributed by atoms with Gasteiger partial charge in [-0.3, -0.25) is 9.69 Å². The number of hydrogen-bond acceptors (Lipinski definition) is 4. The van der Waals surface area contributed by atoms with Crippen molar-refractivity contribution in [3.8, 4) is 0 Å². The summed E-state index contributed by atoms with van der Waals surface area (Å²) >= 11 is 0. The van der Waals surface area contributed by atoms with Gasteiger partial charge in [0.05, 0.1) is 17.9 Å². The molecule has 0 radical (unpaired) electrons. The van der Waals surface area contributed by atoms with E-state index in [0.717, 1.165) is 25.7 Å². The molecule has 2 fully saturated rings. The van der Waals surface area contributed by atoms with Crippen LogP contribution in [0.1, 0.15) is 51.4 Å². The van der Waals surface area contributed by atoms with Gasteiger partial charge in [-0.2, -0.15) is 0 Å². The molecule has 0 aromatic heterocycles. The van der Waals surface area contributed by atoms with Crippen molar-refractivity contribution in [3.05, 3.63) is 0 Å². The molecule has 0 spiro atoms. The number of hydrogen-bond donors (Lipinski definition) is 1. The van der Waals surface area contributed by atoms with Gasteiger partial charge in [-0.15, -0.1) is 0 Å². The largest absolute Gasteiger partial charge is 0.481 e. The number of sulfone groups is 1. The lowest BCUT2D eigenvalue weighted by Gasteiger charge is -2.48. The van der Waals surface area contributed by atoms with Gasteiger partial charge in [0, 0.05) is 11.6 Å². The Bertz CT molecular complexity index is 440. The minimum atomic E-state index is -2.87. The highest BCUT2D eigenvalue weighted by Crippen LogP contribution is 2.38. The molecule has 2 rings (SSSR count). The predicted molar refractivity (Wildman–Crippen MR) is 77.5 cm³/mol. The summed E-state index contributed by atoms with van der Waals surface area (Å²) in [5.41, 5.74) is -0.268. The third-order valence-corrected chi connectivity index (χ3v) is 6.80. The quantitative estimate of drug-likeness (QED) is 0.855. The van der Waals surface area contributed by atoms with E-state index in [1.165, 1.54) is 6.42 Å². The Balaban J connectivity index is 2.10. The van der Waals surface area contributed by atoms with Gasteiger partial charge in [0.2, 0.25) is 0 Å². The highest BCUT2D eigenvalue weighted by molar-refractivity contribution is 7.91. The van der Waals surface area contributed by atoms with Crippen LogP contribution in [0.15, 0.2) is 0 Å². The SMILES string of the molecule is CN(C1CCS(=O)(=O)CC1)C1(CC(=O)O)CCCCC1. The van der Waals surface area contributed by atoms with Gasteiger partial charge in [0.1, 0.15) is 9.84 Å². The predicted octanol–water partition coefficient (Wildman–Crippen LogP) is 1.67. The molecular weight excluding hydrogens is 278 g/mol. The maximum atomic E-state index is 11.5. The van der Waals surface area contributed by atoms with Crippen LogP contribution in [0, 0.1) is 0 Å². The van der Waals surface area contributed by atoms with Crippen LogP contribution in [0.25, 0.3) is 0 Å². The number of carboxylic acids is 1. The van der Waals surface area contributed by atoms with E-state index in [2.05, 4.69) is 4.90 Å². The first kappa shape index (κ1) is 15.8. The van der Waals surface area contributed by atoms with Gasteiger partial charge < -0.3 is 5.11 Å². The van der Waals surface area contributed by atoms with Crippen molar-refractivity contribution in [1.82, 2.24) is 4.90 Å². The summed E-state index contributed by atoms with van der Waals surface area (Å²) in [7, 11) is -0.869. The summed E-state index contributed by atoms with van der Waals surface area (Å²) in [6, 6.07) is 0.205. The Kier molecular flexibility index (Phi) is 4.74. The molecule has 0 atom stereocenters. The van der Waals surface area contributed by atoms with Crippen molar-refractivity contribution in [1.29, 1.82) is 0 Å². The number of rotatable bonds is 4. The number of carboxylic acid groups (broad SMARTS) is 1. The van der Waals surface area contributed by atoms with E-state index in [4.69, 9.17) is 0 Å². The van der Waals surface area contributed by atoms with Crippen LogP contribution >= 0.6 is 0 Å². The topological polar surface area (TPSA) is 74.7 Å². The van der Waals surface area contributed by atoms with Gasteiger partial charge in [-0.25, -0.2) is 8.42 Å². The second kappa shape index (κ2) is 6.02. The monoisotopic (exact) mass is 303 g/mol. The molecule has 1 aliphatic carbocycles. The number of carbonyl (C=O) groups is 1. The Hall–Kier alpha value is -0.620. The number of nitrogens with zero attached hydrogens (tertiary/aromatic N) is 1. The molecule has 6 heteroatoms. The highest BCUT2D eigenvalue weighted by Gasteiger charge is 2.42. The Morgan fingerprint density at radius 2 is 1.75 bits per heavy atom. The fraction of sp³-hybridized carbons (Fsp3) is 0.929. The second-order valence-corrected chi connectivity index (χ2v) is 8.65. The molecule has 0 unspecified atom stereocenters. The van der Waals surface area contributed by atoms with Gasteiger partial charge in [0.15, 0.2) is 0 Å². The highest BCUT2D eigenvalue weighted by atomic mass is 32.2. The first-order valence-electron chi connectivity index (χ1n) is 7.50. The van der Waals surface area contributed by atoms with Crippen LogP contribution in [0.2, 0.25) is 0 Å². The van der Waals surface area contributed by atoms with Gasteiger partial charge in [0.25, 0.3) is 0 Å². The first-order chi connectivity index (χ1) is 9.35. The molecule has 0 amide bonds. The van der Waals surface area contributed by atoms with E-state index >= 15 is 0 Å². The van der Waals surface area contributed by atoms with E-state index in [1.807, 2.05) is 7.05 Å². The normalized spacial score (nSPS) is 26.5. The molecule has 20 heavy (non-hydrogen) atoms. The first-order valence-corrected chi connectivity index (χ1v) is 9.32. The van der Waals surface area contributed by atoms with Crippen molar-refractivity contribution >= 4 is 15.8 Å². The standard InChI is InChI=1S/C14H25NO4S/c1-15(12-5-9-20(18,19)10-6-12)14(11-13(16)17)7-3-2-4-8-14/h12H,2-11H2,1H3,(H,16,17). The van der Waals surface area contributed by atoms with E-state index < -0.39 is 15.8 Å². The van der Waals surface area contributed by atoms with Gasteiger partial charge >= 0.3 is 5.97 Å². The van der Waals surface area contributed by atoms with Crippen molar-refractivity contribution < 1.29 is 18.3 Å². The lowest BCUT2D eigenvalue weighted by Crippen LogP contribution is -2.55. The smallest absolute Gasteiger partial charge is 0.305 e. The summed E-state index contributed by atoms with van der Waals surface area (Å²) in [6.45, 7) is 0. The van der Waals surface area contributed by atoms with E-state index in [1.54, 1.807) is 0 Å². The summed E-state index contributed by atoms with van der Waals surface area (Å²) in [5.74, 6) is -0.266. The molecule has 1 N–H and O–H groups in total. The average Bonchev–Trinajstić information content (AvgIpc) is 2.38. The fourth-order valence-electron chi connectivity index (χ4n) is 3.80. The lowest BCUT2D eigenvalue weighted by molar-refractivity contribution is -0.141. The molecule has 0 aromatic carbocycles. The zero-order valence-corrected chi connectivity index (χ0v) is 13.0. The van der Waals surface area contributed by atoms with Crippen LogP contribution in [-0.4, -0.2) is 54.5 Å². The molecule has 1 aliphatic heterocycles. The zero-order chi connectivity index (χ0) is 14.8. The van der Waals surface area contributed by atoms with Crippen LogP contribution in [0.4, 0.5) is 0 Å². The van der Waals surface area contributed by atoms with Crippen molar-refractivity contribution in [3.63, 3.8) is 0 Å². The third kappa shape index (κ3) is 3.52. The summed E-state index contributed by atoms with van der Waals surface area (Å²) in [6.07, 6.45) is 6.60. The molecule has 1 heterocycles. The molecule has 0 bridgehead atoms. The van der Waals surface area contributed by atoms with Crippen LogP contribution in [0.5, 0.6) is 0 Å². The Morgan fingerprint density at radius 1 is 1.20 bits per heavy atom. The molecule has 1 saturated carbocycles. The van der Waals surface area contributed by atoms with Crippen molar-refractivity contribution in [2.24, 2.45) is 0 Å². The molecule has 116 valence electrons. The third-order valence-electron chi connectivity index (χ3n) is 5.08. The maximum absolute atomic E-state index is 11.5. The molecule has 1 saturated heterocycles. The summed E-state index contributed by atoms with van der Waals surface area (Å²) < 4.78 is 23.1. The minimum Gasteiger partial charge on any atom is -0.481 e. The molecule has 5 nitrogen and oxygen atoms in total. The number of aliphatic carboxylic acids is 1. The van der Waals surface area contributed by atoms with Crippen molar-refractivity contribution in [2.45, 2.75) is 62.9 Å². The van der Waals surface area contributed by atoms with E-state index in [-0.39, 0.29) is 29.5 Å². The molecule has 0 aromatic rings. The zero-order valence-electron chi connectivity index (χ0n) is 12.2. The molecule has 2 aliphatic rings. The Morgan fingerprint density at radius 3 is 2.25 bits per heavy atom. The van der Waals surface area contributed by atoms with Crippen LogP contribution < -0.4 is 0 Å². The fourth-order valence-corrected chi connectivity index (χ4v) is 5.26. The van der Waals surface area contributed by atoms with Crippen LogP contribution in [0.3, 0.4) is 0 Å². The second-order valence-electron chi connectivity index (χ2n) is 6.35. The van der Waals surface area contributed by atoms with Crippen LogP contribution in [-0.2, 0) is 14.6 Å². The summed E-state index contributed by atoms with van der Waals surface area (Å²) in [4.78, 5) is 13.4. The average molecular weight is 303 g/mol.